The molecule has 0 saturated carbocycles. The number of hydrogen-bond donors (Lipinski definition) is 1. The third-order valence-corrected chi connectivity index (χ3v) is 2.58. The minimum atomic E-state index is 0.875. The van der Waals surface area contributed by atoms with Gasteiger partial charge in [-0.15, -0.1) is 0 Å². The van der Waals surface area contributed by atoms with Crippen molar-refractivity contribution in [3.8, 4) is 0 Å². The van der Waals surface area contributed by atoms with Gasteiger partial charge in [-0.3, -0.25) is 4.90 Å². The van der Waals surface area contributed by atoms with Crippen molar-refractivity contribution in [2.45, 2.75) is 0 Å². The minimum Gasteiger partial charge on any atom is -0.384 e. The normalized spacial score (nSPS) is 17.6. The van der Waals surface area contributed by atoms with Gasteiger partial charge in [-0.2, -0.15) is 0 Å². The van der Waals surface area contributed by atoms with Crippen LogP contribution < -0.4 is 5.32 Å². The van der Waals surface area contributed by atoms with Crippen molar-refractivity contribution in [2.24, 2.45) is 0 Å². The molecule has 1 aromatic carbocycles. The zero-order valence-electron chi connectivity index (χ0n) is 8.91. The van der Waals surface area contributed by atoms with Crippen LogP contribution in [0.15, 0.2) is 24.3 Å². The van der Waals surface area contributed by atoms with Gasteiger partial charge in [0, 0.05) is 31.9 Å². The lowest BCUT2D eigenvalue weighted by Crippen LogP contribution is -2.38. The fourth-order valence-corrected chi connectivity index (χ4v) is 1.69. The Bertz CT molecular complexity index is 270. The first-order valence-corrected chi connectivity index (χ1v) is 5.45. The molecule has 1 fully saturated rings. The van der Waals surface area contributed by atoms with Crippen LogP contribution >= 0.6 is 0 Å². The van der Waals surface area contributed by atoms with Crippen molar-refractivity contribution in [2.75, 3.05) is 44.7 Å². The van der Waals surface area contributed by atoms with Gasteiger partial charge in [0.15, 0.2) is 0 Å². The van der Waals surface area contributed by atoms with Crippen molar-refractivity contribution >= 4 is 5.69 Å². The highest BCUT2D eigenvalue weighted by Gasteiger charge is 2.08. The molecule has 2 rings (SSSR count). The molecular formula is C12H17N2O. The molecule has 1 aliphatic heterocycles. The molecule has 0 unspecified atom stereocenters. The molecule has 0 amide bonds. The van der Waals surface area contributed by atoms with E-state index in [0.29, 0.717) is 0 Å². The van der Waals surface area contributed by atoms with Gasteiger partial charge in [0.1, 0.15) is 0 Å². The number of ether oxygens (including phenoxy) is 1. The molecule has 0 spiro atoms. The first kappa shape index (κ1) is 10.5. The number of morpholine rings is 1. The smallest absolute Gasteiger partial charge is 0.0594 e. The Labute approximate surface area is 91.0 Å². The summed E-state index contributed by atoms with van der Waals surface area (Å²) < 4.78 is 5.30. The largest absolute Gasteiger partial charge is 0.384 e. The van der Waals surface area contributed by atoms with Crippen LogP contribution in [0, 0.1) is 6.07 Å². The lowest BCUT2D eigenvalue weighted by Gasteiger charge is -2.26. The summed E-state index contributed by atoms with van der Waals surface area (Å²) in [5, 5.41) is 3.39. The molecule has 1 saturated heterocycles. The van der Waals surface area contributed by atoms with Crippen LogP contribution in [-0.2, 0) is 4.74 Å². The molecule has 3 nitrogen and oxygen atoms in total. The summed E-state index contributed by atoms with van der Waals surface area (Å²) in [6, 6.07) is 10.9. The molecule has 15 heavy (non-hydrogen) atoms. The Balaban J connectivity index is 1.66. The van der Waals surface area contributed by atoms with Gasteiger partial charge in [-0.05, 0) is 18.2 Å². The molecule has 1 heterocycles. The third-order valence-electron chi connectivity index (χ3n) is 2.58. The fraction of sp³-hybridized carbons (Fsp3) is 0.500. The Kier molecular flexibility index (Phi) is 4.00. The number of anilines is 1. The van der Waals surface area contributed by atoms with Gasteiger partial charge >= 0.3 is 0 Å². The number of benzene rings is 1. The first-order valence-electron chi connectivity index (χ1n) is 5.45. The van der Waals surface area contributed by atoms with Crippen LogP contribution in [0.5, 0.6) is 0 Å². The van der Waals surface area contributed by atoms with Crippen LogP contribution in [-0.4, -0.2) is 44.3 Å². The third kappa shape index (κ3) is 3.53. The van der Waals surface area contributed by atoms with E-state index in [-0.39, 0.29) is 0 Å². The molecule has 1 radical (unpaired) electrons. The molecule has 0 atom stereocenters. The Hall–Kier alpha value is -1.06. The Morgan fingerprint density at radius 1 is 1.27 bits per heavy atom. The van der Waals surface area contributed by atoms with Gasteiger partial charge in [0.05, 0.1) is 13.2 Å². The Morgan fingerprint density at radius 3 is 2.73 bits per heavy atom. The summed E-state index contributed by atoms with van der Waals surface area (Å²) in [4.78, 5) is 2.42. The molecule has 1 N–H and O–H groups in total. The zero-order chi connectivity index (χ0) is 10.3. The summed E-state index contributed by atoms with van der Waals surface area (Å²) in [5.74, 6) is 0. The van der Waals surface area contributed by atoms with Gasteiger partial charge in [-0.1, -0.05) is 12.1 Å². The molecule has 0 aromatic heterocycles. The number of nitrogens with zero attached hydrogens (tertiary/aromatic N) is 1. The van der Waals surface area contributed by atoms with E-state index in [1.165, 1.54) is 5.69 Å². The van der Waals surface area contributed by atoms with Gasteiger partial charge < -0.3 is 10.1 Å². The van der Waals surface area contributed by atoms with Gasteiger partial charge in [-0.25, -0.2) is 0 Å². The highest BCUT2D eigenvalue weighted by atomic mass is 16.5. The van der Waals surface area contributed by atoms with E-state index in [2.05, 4.69) is 16.3 Å². The summed E-state index contributed by atoms with van der Waals surface area (Å²) in [6.45, 7) is 5.95. The van der Waals surface area contributed by atoms with E-state index in [4.69, 9.17) is 4.74 Å². The van der Waals surface area contributed by atoms with Crippen LogP contribution in [0.1, 0.15) is 0 Å². The number of nitrogens with one attached hydrogen (secondary N) is 1. The van der Waals surface area contributed by atoms with Crippen molar-refractivity contribution < 1.29 is 4.74 Å². The molecule has 0 bridgehead atoms. The van der Waals surface area contributed by atoms with Crippen LogP contribution in [0.25, 0.3) is 0 Å². The molecule has 0 aliphatic carbocycles. The van der Waals surface area contributed by atoms with E-state index in [1.54, 1.807) is 0 Å². The highest BCUT2D eigenvalue weighted by Crippen LogP contribution is 2.04. The predicted molar refractivity (Wildman–Crippen MR) is 61.0 cm³/mol. The van der Waals surface area contributed by atoms with E-state index >= 15 is 0 Å². The van der Waals surface area contributed by atoms with Crippen molar-refractivity contribution in [1.29, 1.82) is 0 Å². The predicted octanol–water partition coefficient (Wildman–Crippen LogP) is 1.23. The van der Waals surface area contributed by atoms with E-state index in [1.807, 2.05) is 24.3 Å². The maximum Gasteiger partial charge on any atom is 0.0594 e. The van der Waals surface area contributed by atoms with E-state index in [9.17, 15) is 0 Å². The lowest BCUT2D eigenvalue weighted by atomic mass is 10.3. The topological polar surface area (TPSA) is 24.5 Å². The standard InChI is InChI=1S/C12H17N2O/c1-2-4-12(5-3-1)13-6-7-14-8-10-15-11-9-14/h2-5,13H,6-11H2. The molecule has 81 valence electrons. The molecule has 1 aliphatic rings. The van der Waals surface area contributed by atoms with Crippen molar-refractivity contribution in [1.82, 2.24) is 4.90 Å². The first-order chi connectivity index (χ1) is 7.45. The van der Waals surface area contributed by atoms with E-state index in [0.717, 1.165) is 39.4 Å². The fourth-order valence-electron chi connectivity index (χ4n) is 1.69. The Morgan fingerprint density at radius 2 is 2.00 bits per heavy atom. The maximum absolute atomic E-state index is 5.30. The van der Waals surface area contributed by atoms with Crippen molar-refractivity contribution in [3.05, 3.63) is 30.3 Å². The van der Waals surface area contributed by atoms with Crippen molar-refractivity contribution in [3.63, 3.8) is 0 Å². The summed E-state index contributed by atoms with van der Waals surface area (Å²) in [5.41, 5.74) is 1.17. The summed E-state index contributed by atoms with van der Waals surface area (Å²) in [6.07, 6.45) is 0. The average molecular weight is 205 g/mol. The average Bonchev–Trinajstić information content (AvgIpc) is 2.32. The molecule has 3 heteroatoms. The second kappa shape index (κ2) is 5.73. The second-order valence-electron chi connectivity index (χ2n) is 3.67. The van der Waals surface area contributed by atoms with E-state index < -0.39 is 0 Å². The van der Waals surface area contributed by atoms with Crippen LogP contribution in [0.3, 0.4) is 0 Å². The van der Waals surface area contributed by atoms with Crippen LogP contribution in [0.4, 0.5) is 5.69 Å². The highest BCUT2D eigenvalue weighted by molar-refractivity contribution is 5.41. The number of hydrogen-bond acceptors (Lipinski definition) is 3. The van der Waals surface area contributed by atoms with Gasteiger partial charge in [0.2, 0.25) is 0 Å². The van der Waals surface area contributed by atoms with Crippen LogP contribution in [0.2, 0.25) is 0 Å². The monoisotopic (exact) mass is 205 g/mol. The molecular weight excluding hydrogens is 188 g/mol. The summed E-state index contributed by atoms with van der Waals surface area (Å²) in [7, 11) is 0. The SMILES string of the molecule is [c]1ccc(NCCN2CCOCC2)cc1. The molecule has 1 aromatic rings. The van der Waals surface area contributed by atoms with Gasteiger partial charge in [0.25, 0.3) is 0 Å². The summed E-state index contributed by atoms with van der Waals surface area (Å²) >= 11 is 0. The number of rotatable bonds is 4. The minimum absolute atomic E-state index is 0.875. The quantitative estimate of drug-likeness (QED) is 0.800. The second-order valence-corrected chi connectivity index (χ2v) is 3.67. The maximum atomic E-state index is 5.30. The zero-order valence-corrected chi connectivity index (χ0v) is 8.91. The lowest BCUT2D eigenvalue weighted by molar-refractivity contribution is 0.0398.